The summed E-state index contributed by atoms with van der Waals surface area (Å²) in [6.45, 7) is 4.32. The molecule has 32 heavy (non-hydrogen) atoms. The lowest BCUT2D eigenvalue weighted by molar-refractivity contribution is 0.104. The first-order valence-corrected chi connectivity index (χ1v) is 10.3. The number of carbonyl (C=O) groups is 1. The number of allylic oxidation sites excluding steroid dienone is 2. The maximum Gasteiger partial charge on any atom is 0.231 e. The summed E-state index contributed by atoms with van der Waals surface area (Å²) in [5, 5.41) is 0. The van der Waals surface area contributed by atoms with Crippen molar-refractivity contribution in [2.75, 3.05) is 13.9 Å². The van der Waals surface area contributed by atoms with E-state index in [0.29, 0.717) is 23.7 Å². The van der Waals surface area contributed by atoms with Crippen LogP contribution in [0.1, 0.15) is 27.0 Å². The molecule has 3 aromatic carbocycles. The van der Waals surface area contributed by atoms with Crippen LogP contribution in [-0.4, -0.2) is 19.7 Å². The van der Waals surface area contributed by atoms with Crippen LogP contribution in [0.25, 0.3) is 6.08 Å². The summed E-state index contributed by atoms with van der Waals surface area (Å²) in [6.07, 6.45) is 5.91. The van der Waals surface area contributed by atoms with E-state index in [1.807, 2.05) is 48.5 Å². The van der Waals surface area contributed by atoms with Gasteiger partial charge in [0.15, 0.2) is 17.3 Å². The molecule has 0 saturated heterocycles. The molecule has 5 nitrogen and oxygen atoms in total. The molecule has 1 aliphatic heterocycles. The summed E-state index contributed by atoms with van der Waals surface area (Å²) < 4.78 is 22.2. The van der Waals surface area contributed by atoms with Crippen LogP contribution in [0.4, 0.5) is 0 Å². The van der Waals surface area contributed by atoms with E-state index in [1.54, 1.807) is 37.5 Å². The molecule has 0 saturated carbocycles. The van der Waals surface area contributed by atoms with Gasteiger partial charge in [0, 0.05) is 11.1 Å². The van der Waals surface area contributed by atoms with Crippen LogP contribution < -0.4 is 18.9 Å². The molecule has 0 amide bonds. The van der Waals surface area contributed by atoms with E-state index < -0.39 is 0 Å². The highest BCUT2D eigenvalue weighted by Crippen LogP contribution is 2.32. The van der Waals surface area contributed by atoms with Crippen LogP contribution in [0, 0.1) is 0 Å². The van der Waals surface area contributed by atoms with E-state index in [4.69, 9.17) is 18.9 Å². The SMILES string of the molecule is C=CCc1ccccc1OCc1cc(/C=C/C(=O)c2ccc3c(c2)OCO3)ccc1OC. The summed E-state index contributed by atoms with van der Waals surface area (Å²) in [6, 6.07) is 18.8. The van der Waals surface area contributed by atoms with Crippen molar-refractivity contribution >= 4 is 11.9 Å². The molecule has 0 atom stereocenters. The fourth-order valence-corrected chi connectivity index (χ4v) is 3.46. The Balaban J connectivity index is 1.49. The second-order valence-corrected chi connectivity index (χ2v) is 7.23. The van der Waals surface area contributed by atoms with Crippen molar-refractivity contribution in [1.82, 2.24) is 0 Å². The molecule has 0 bridgehead atoms. The Hall–Kier alpha value is -3.99. The zero-order chi connectivity index (χ0) is 22.3. The predicted octanol–water partition coefficient (Wildman–Crippen LogP) is 5.63. The first-order chi connectivity index (χ1) is 15.7. The van der Waals surface area contributed by atoms with Crippen LogP contribution in [0.15, 0.2) is 79.4 Å². The molecule has 0 radical (unpaired) electrons. The summed E-state index contributed by atoms with van der Waals surface area (Å²) in [7, 11) is 1.63. The molecule has 0 fully saturated rings. The van der Waals surface area contributed by atoms with Crippen molar-refractivity contribution in [3.63, 3.8) is 0 Å². The number of methoxy groups -OCH3 is 1. The molecule has 0 N–H and O–H groups in total. The maximum atomic E-state index is 12.6. The summed E-state index contributed by atoms with van der Waals surface area (Å²) in [5.41, 5.74) is 3.38. The molecule has 4 rings (SSSR count). The van der Waals surface area contributed by atoms with Crippen LogP contribution in [0.5, 0.6) is 23.0 Å². The van der Waals surface area contributed by atoms with Gasteiger partial charge >= 0.3 is 0 Å². The van der Waals surface area contributed by atoms with Crippen LogP contribution in [0.2, 0.25) is 0 Å². The number of carbonyl (C=O) groups excluding carboxylic acids is 1. The highest BCUT2D eigenvalue weighted by atomic mass is 16.7. The van der Waals surface area contributed by atoms with E-state index in [2.05, 4.69) is 6.58 Å². The van der Waals surface area contributed by atoms with Crippen molar-refractivity contribution in [1.29, 1.82) is 0 Å². The van der Waals surface area contributed by atoms with Crippen LogP contribution in [0.3, 0.4) is 0 Å². The summed E-state index contributed by atoms with van der Waals surface area (Å²) >= 11 is 0. The lowest BCUT2D eigenvalue weighted by Crippen LogP contribution is -2.01. The number of ketones is 1. The van der Waals surface area contributed by atoms with Crippen molar-refractivity contribution in [3.05, 3.63) is 102 Å². The average Bonchev–Trinajstić information content (AvgIpc) is 3.30. The minimum absolute atomic E-state index is 0.115. The number of ether oxygens (including phenoxy) is 4. The molecule has 0 unspecified atom stereocenters. The van der Waals surface area contributed by atoms with Crippen molar-refractivity contribution < 1.29 is 23.7 Å². The Morgan fingerprint density at radius 1 is 1.00 bits per heavy atom. The van der Waals surface area contributed by atoms with E-state index in [-0.39, 0.29) is 12.6 Å². The van der Waals surface area contributed by atoms with Crippen molar-refractivity contribution in [2.24, 2.45) is 0 Å². The molecule has 0 spiro atoms. The lowest BCUT2D eigenvalue weighted by Gasteiger charge is -2.13. The van der Waals surface area contributed by atoms with Gasteiger partial charge in [0.25, 0.3) is 0 Å². The number of hydrogen-bond acceptors (Lipinski definition) is 5. The fraction of sp³-hybridized carbons (Fsp3) is 0.148. The highest BCUT2D eigenvalue weighted by molar-refractivity contribution is 6.07. The number of hydrogen-bond donors (Lipinski definition) is 0. The zero-order valence-corrected chi connectivity index (χ0v) is 17.9. The lowest BCUT2D eigenvalue weighted by atomic mass is 10.1. The van der Waals surface area contributed by atoms with Gasteiger partial charge in [0.05, 0.1) is 7.11 Å². The fourth-order valence-electron chi connectivity index (χ4n) is 3.46. The molecule has 3 aromatic rings. The Morgan fingerprint density at radius 3 is 2.69 bits per heavy atom. The van der Waals surface area contributed by atoms with Gasteiger partial charge < -0.3 is 18.9 Å². The first kappa shape index (κ1) is 21.2. The smallest absolute Gasteiger partial charge is 0.231 e. The van der Waals surface area contributed by atoms with Gasteiger partial charge in [-0.2, -0.15) is 0 Å². The predicted molar refractivity (Wildman–Crippen MR) is 124 cm³/mol. The Labute approximate surface area is 187 Å². The minimum Gasteiger partial charge on any atom is -0.496 e. The molecule has 0 aliphatic carbocycles. The Bertz CT molecular complexity index is 1160. The van der Waals surface area contributed by atoms with Gasteiger partial charge in [0.1, 0.15) is 18.1 Å². The van der Waals surface area contributed by atoms with Crippen LogP contribution in [-0.2, 0) is 13.0 Å². The number of para-hydroxylation sites is 1. The molecule has 162 valence electrons. The van der Waals surface area contributed by atoms with E-state index >= 15 is 0 Å². The van der Waals surface area contributed by atoms with Gasteiger partial charge in [-0.05, 0) is 60.0 Å². The van der Waals surface area contributed by atoms with E-state index in [9.17, 15) is 4.79 Å². The van der Waals surface area contributed by atoms with E-state index in [0.717, 1.165) is 34.6 Å². The van der Waals surface area contributed by atoms with Gasteiger partial charge in [-0.3, -0.25) is 4.79 Å². The van der Waals surface area contributed by atoms with Gasteiger partial charge in [-0.1, -0.05) is 36.4 Å². The average molecular weight is 428 g/mol. The summed E-state index contributed by atoms with van der Waals surface area (Å²) in [4.78, 5) is 12.6. The molecule has 0 aromatic heterocycles. The van der Waals surface area contributed by atoms with Crippen molar-refractivity contribution in [3.8, 4) is 23.0 Å². The zero-order valence-electron chi connectivity index (χ0n) is 17.9. The third kappa shape index (κ3) is 4.83. The van der Waals surface area contributed by atoms with Crippen molar-refractivity contribution in [2.45, 2.75) is 13.0 Å². The Kier molecular flexibility index (Phi) is 6.56. The maximum absolute atomic E-state index is 12.6. The van der Waals surface area contributed by atoms with Crippen LogP contribution >= 0.6 is 0 Å². The first-order valence-electron chi connectivity index (χ1n) is 10.3. The van der Waals surface area contributed by atoms with Gasteiger partial charge in [0.2, 0.25) is 6.79 Å². The largest absolute Gasteiger partial charge is 0.496 e. The topological polar surface area (TPSA) is 54.0 Å². The molecule has 1 aliphatic rings. The third-order valence-corrected chi connectivity index (χ3v) is 5.11. The normalized spacial score (nSPS) is 12.0. The third-order valence-electron chi connectivity index (χ3n) is 5.11. The quantitative estimate of drug-likeness (QED) is 0.251. The molecule has 5 heteroatoms. The Morgan fingerprint density at radius 2 is 1.84 bits per heavy atom. The van der Waals surface area contributed by atoms with Gasteiger partial charge in [-0.15, -0.1) is 6.58 Å². The van der Waals surface area contributed by atoms with Gasteiger partial charge in [-0.25, -0.2) is 0 Å². The second-order valence-electron chi connectivity index (χ2n) is 7.23. The standard InChI is InChI=1S/C27H24O5/c1-3-6-20-7-4-5-8-25(20)30-17-22-15-19(10-13-24(22)29-2)9-12-23(28)21-11-14-26-27(16-21)32-18-31-26/h3-5,7-16H,1,6,17-18H2,2H3/b12-9+. The second kappa shape index (κ2) is 9.88. The summed E-state index contributed by atoms with van der Waals surface area (Å²) in [5.74, 6) is 2.67. The number of fused-ring (bicyclic) bond motifs is 1. The molecule has 1 heterocycles. The number of benzene rings is 3. The minimum atomic E-state index is -0.115. The van der Waals surface area contributed by atoms with E-state index in [1.165, 1.54) is 0 Å². The number of rotatable bonds is 9. The highest BCUT2D eigenvalue weighted by Gasteiger charge is 2.15. The molecular weight excluding hydrogens is 404 g/mol. The monoisotopic (exact) mass is 428 g/mol. The molecular formula is C27H24O5.